The average Bonchev–Trinajstić information content (AvgIpc) is 2.71. The maximum absolute atomic E-state index is 14.2. The van der Waals surface area contributed by atoms with Crippen LogP contribution in [0.15, 0.2) is 72.3 Å². The minimum Gasteiger partial charge on any atom is -0.338 e. The molecule has 5 N–H and O–H groups in total. The van der Waals surface area contributed by atoms with Crippen molar-refractivity contribution in [1.29, 1.82) is 0 Å². The van der Waals surface area contributed by atoms with Gasteiger partial charge in [-0.3, -0.25) is 4.79 Å². The Morgan fingerprint density at radius 3 is 2.52 bits per heavy atom. The number of amides is 1. The predicted octanol–water partition coefficient (Wildman–Crippen LogP) is 3.21. The number of nitrogens with one attached hydrogen (secondary N) is 3. The van der Waals surface area contributed by atoms with Crippen molar-refractivity contribution >= 4 is 45.7 Å². The zero-order valence-corrected chi connectivity index (χ0v) is 15.9. The highest BCUT2D eigenvalue weighted by Gasteiger charge is 2.09. The van der Waals surface area contributed by atoms with Crippen LogP contribution in [0.5, 0.6) is 0 Å². The number of carbonyl (C=O) groups is 1. The van der Waals surface area contributed by atoms with Crippen molar-refractivity contribution in [3.63, 3.8) is 0 Å². The fraction of sp³-hybridized carbons (Fsp3) is 0. The van der Waals surface area contributed by atoms with E-state index in [0.717, 1.165) is 12.3 Å². The molecular formula is C19H17FN6O2S. The molecule has 1 unspecified atom stereocenters. The van der Waals surface area contributed by atoms with Crippen LogP contribution < -0.4 is 21.1 Å². The van der Waals surface area contributed by atoms with E-state index in [1.807, 2.05) is 0 Å². The quantitative estimate of drug-likeness (QED) is 0.442. The van der Waals surface area contributed by atoms with Crippen molar-refractivity contribution < 1.29 is 13.4 Å². The fourth-order valence-corrected chi connectivity index (χ4v) is 2.80. The highest BCUT2D eigenvalue weighted by Crippen LogP contribution is 2.23. The Balaban J connectivity index is 1.80. The number of benzene rings is 2. The lowest BCUT2D eigenvalue weighted by atomic mass is 10.2. The highest BCUT2D eigenvalue weighted by molar-refractivity contribution is 7.82. The number of hydrogen-bond donors (Lipinski definition) is 4. The molecule has 0 fully saturated rings. The van der Waals surface area contributed by atoms with Gasteiger partial charge < -0.3 is 16.0 Å². The summed E-state index contributed by atoms with van der Waals surface area (Å²) in [6.07, 6.45) is 2.17. The molecule has 2 aromatic carbocycles. The summed E-state index contributed by atoms with van der Waals surface area (Å²) in [5, 5.41) is 13.8. The Labute approximate surface area is 168 Å². The standard InChI is InChI=1S/C19H17FN6O2S/c1-2-17(27)23-12-5-3-6-13(9-12)24-18-16(20)11-22-19(26-18)25-14-7-4-8-15(10-14)29(21)28/h2-11H,1,21H2,(H,23,27)(H2,22,24,25,26). The highest BCUT2D eigenvalue weighted by atomic mass is 32.2. The van der Waals surface area contributed by atoms with Crippen molar-refractivity contribution in [2.24, 2.45) is 5.14 Å². The molecule has 0 aliphatic rings. The molecule has 0 spiro atoms. The monoisotopic (exact) mass is 412 g/mol. The van der Waals surface area contributed by atoms with Crippen molar-refractivity contribution in [3.8, 4) is 0 Å². The molecule has 1 aromatic heterocycles. The molecule has 0 aliphatic carbocycles. The summed E-state index contributed by atoms with van der Waals surface area (Å²) in [5.74, 6) is -0.950. The fourth-order valence-electron chi connectivity index (χ4n) is 2.35. The predicted molar refractivity (Wildman–Crippen MR) is 111 cm³/mol. The third-order valence-corrected chi connectivity index (χ3v) is 4.36. The Hall–Kier alpha value is -3.63. The first kappa shape index (κ1) is 20.1. The lowest BCUT2D eigenvalue weighted by molar-refractivity contribution is -0.111. The van der Waals surface area contributed by atoms with Gasteiger partial charge in [0.1, 0.15) is 11.0 Å². The van der Waals surface area contributed by atoms with Crippen LogP contribution in [0.4, 0.5) is 33.2 Å². The number of hydrogen-bond acceptors (Lipinski definition) is 6. The van der Waals surface area contributed by atoms with Gasteiger partial charge in [-0.15, -0.1) is 0 Å². The molecule has 0 saturated heterocycles. The van der Waals surface area contributed by atoms with Crippen LogP contribution in [-0.2, 0) is 15.8 Å². The topological polar surface area (TPSA) is 122 Å². The van der Waals surface area contributed by atoms with Gasteiger partial charge in [-0.05, 0) is 42.5 Å². The Morgan fingerprint density at radius 1 is 1.10 bits per heavy atom. The maximum Gasteiger partial charge on any atom is 0.247 e. The number of anilines is 5. The van der Waals surface area contributed by atoms with Crippen molar-refractivity contribution in [2.45, 2.75) is 4.90 Å². The largest absolute Gasteiger partial charge is 0.338 e. The van der Waals surface area contributed by atoms with Crippen LogP contribution >= 0.6 is 0 Å². The molecule has 0 saturated carbocycles. The number of nitrogens with zero attached hydrogens (tertiary/aromatic N) is 2. The zero-order chi connectivity index (χ0) is 20.8. The molecule has 1 heterocycles. The van der Waals surface area contributed by atoms with E-state index in [9.17, 15) is 13.4 Å². The third kappa shape index (κ3) is 5.43. The first-order valence-electron chi connectivity index (χ1n) is 8.31. The lowest BCUT2D eigenvalue weighted by Gasteiger charge is -2.11. The van der Waals surface area contributed by atoms with Crippen molar-refractivity contribution in [2.75, 3.05) is 16.0 Å². The van der Waals surface area contributed by atoms with Gasteiger partial charge in [0.05, 0.1) is 11.1 Å². The van der Waals surface area contributed by atoms with E-state index in [2.05, 4.69) is 32.5 Å². The van der Waals surface area contributed by atoms with E-state index in [0.29, 0.717) is 22.0 Å². The number of halogens is 1. The minimum absolute atomic E-state index is 0.0618. The van der Waals surface area contributed by atoms with E-state index < -0.39 is 16.8 Å². The summed E-state index contributed by atoms with van der Waals surface area (Å²) in [5.41, 5.74) is 1.57. The Kier molecular flexibility index (Phi) is 6.27. The first-order chi connectivity index (χ1) is 13.9. The van der Waals surface area contributed by atoms with Crippen LogP contribution in [0.2, 0.25) is 0 Å². The first-order valence-corrected chi connectivity index (χ1v) is 9.52. The molecule has 0 aliphatic heterocycles. The molecule has 148 valence electrons. The van der Waals surface area contributed by atoms with Crippen molar-refractivity contribution in [1.82, 2.24) is 9.97 Å². The molecular weight excluding hydrogens is 395 g/mol. The molecule has 29 heavy (non-hydrogen) atoms. The van der Waals surface area contributed by atoms with Gasteiger partial charge >= 0.3 is 0 Å². The van der Waals surface area contributed by atoms with Crippen LogP contribution in [0.25, 0.3) is 0 Å². The molecule has 3 aromatic rings. The summed E-state index contributed by atoms with van der Waals surface area (Å²) in [6, 6.07) is 13.3. The van der Waals surface area contributed by atoms with Gasteiger partial charge in [0, 0.05) is 17.1 Å². The Morgan fingerprint density at radius 2 is 1.79 bits per heavy atom. The van der Waals surface area contributed by atoms with Crippen LogP contribution in [0, 0.1) is 5.82 Å². The van der Waals surface area contributed by atoms with E-state index in [-0.39, 0.29) is 17.7 Å². The third-order valence-electron chi connectivity index (χ3n) is 3.64. The van der Waals surface area contributed by atoms with Crippen molar-refractivity contribution in [3.05, 3.63) is 73.2 Å². The van der Waals surface area contributed by atoms with E-state index in [1.165, 1.54) is 0 Å². The smallest absolute Gasteiger partial charge is 0.247 e. The van der Waals surface area contributed by atoms with Gasteiger partial charge in [0.25, 0.3) is 0 Å². The van der Waals surface area contributed by atoms with Gasteiger partial charge in [-0.1, -0.05) is 18.7 Å². The minimum atomic E-state index is -1.63. The van der Waals surface area contributed by atoms with Gasteiger partial charge in [-0.25, -0.2) is 18.7 Å². The van der Waals surface area contributed by atoms with E-state index in [4.69, 9.17) is 5.14 Å². The van der Waals surface area contributed by atoms with Gasteiger partial charge in [0.15, 0.2) is 11.6 Å². The second-order valence-electron chi connectivity index (χ2n) is 5.74. The van der Waals surface area contributed by atoms with Crippen LogP contribution in [0.1, 0.15) is 0 Å². The lowest BCUT2D eigenvalue weighted by Crippen LogP contribution is -2.08. The zero-order valence-electron chi connectivity index (χ0n) is 15.1. The molecule has 10 heteroatoms. The van der Waals surface area contributed by atoms with Crippen LogP contribution in [-0.4, -0.2) is 20.1 Å². The van der Waals surface area contributed by atoms with Gasteiger partial charge in [0.2, 0.25) is 11.9 Å². The molecule has 1 atom stereocenters. The molecule has 0 radical (unpaired) electrons. The second-order valence-corrected chi connectivity index (χ2v) is 6.81. The van der Waals surface area contributed by atoms with E-state index >= 15 is 0 Å². The van der Waals surface area contributed by atoms with E-state index in [1.54, 1.807) is 48.5 Å². The second kappa shape index (κ2) is 9.04. The summed E-state index contributed by atoms with van der Waals surface area (Å²) in [7, 11) is -1.63. The average molecular weight is 412 g/mol. The molecule has 3 rings (SSSR count). The van der Waals surface area contributed by atoms with Gasteiger partial charge in [-0.2, -0.15) is 4.98 Å². The summed E-state index contributed by atoms with van der Waals surface area (Å²) < 4.78 is 25.6. The maximum atomic E-state index is 14.2. The number of rotatable bonds is 7. The Bertz CT molecular complexity index is 1090. The normalized spacial score (nSPS) is 11.4. The SMILES string of the molecule is C=CC(=O)Nc1cccc(Nc2nc(Nc3cccc(S(N)=O)c3)ncc2F)c1. The number of carbonyl (C=O) groups excluding carboxylic acids is 1. The summed E-state index contributed by atoms with van der Waals surface area (Å²) in [4.78, 5) is 19.9. The van der Waals surface area contributed by atoms with Crippen LogP contribution in [0.3, 0.4) is 0 Å². The number of nitrogens with two attached hydrogens (primary N) is 1. The number of aromatic nitrogens is 2. The summed E-state index contributed by atoms with van der Waals surface area (Å²) >= 11 is 0. The molecule has 0 bridgehead atoms. The summed E-state index contributed by atoms with van der Waals surface area (Å²) in [6.45, 7) is 3.39. The molecule has 1 amide bonds. The molecule has 8 nitrogen and oxygen atoms in total.